The lowest BCUT2D eigenvalue weighted by Gasteiger charge is -2.20. The Balaban J connectivity index is 2.57. The van der Waals surface area contributed by atoms with Crippen molar-refractivity contribution in [1.29, 1.82) is 0 Å². The summed E-state index contributed by atoms with van der Waals surface area (Å²) in [7, 11) is -1.38. The molecule has 0 aliphatic carbocycles. The van der Waals surface area contributed by atoms with Gasteiger partial charge in [0.05, 0.1) is 12.0 Å². The van der Waals surface area contributed by atoms with Crippen molar-refractivity contribution in [1.82, 2.24) is 4.90 Å². The van der Waals surface area contributed by atoms with E-state index in [0.29, 0.717) is 38.8 Å². The number of nitrogens with two attached hydrogens (primary N) is 2. The van der Waals surface area contributed by atoms with Gasteiger partial charge in [0, 0.05) is 13.1 Å². The van der Waals surface area contributed by atoms with Gasteiger partial charge in [-0.3, -0.25) is 9.59 Å². The summed E-state index contributed by atoms with van der Waals surface area (Å²) in [6, 6.07) is -0.643. The number of hydrogen-bond donors (Lipinski definition) is 5. The fourth-order valence-corrected chi connectivity index (χ4v) is 2.88. The number of carbonyl (C=O) groups excluding carboxylic acids is 1. The third kappa shape index (κ3) is 5.56. The Hall–Kier alpha value is -1.16. The van der Waals surface area contributed by atoms with Crippen LogP contribution in [-0.2, 0) is 9.59 Å². The SMILES string of the molecule is NCCCC(N)C(=O)N1C[C@H](CCCB(O)O)[C@H](C(=O)O)C1. The van der Waals surface area contributed by atoms with Gasteiger partial charge in [0.15, 0.2) is 0 Å². The second-order valence-corrected chi connectivity index (χ2v) is 5.90. The second kappa shape index (κ2) is 9.09. The third-order valence-corrected chi connectivity index (χ3v) is 4.14. The number of amides is 1. The summed E-state index contributed by atoms with van der Waals surface area (Å²) in [6.07, 6.45) is 2.39. The van der Waals surface area contributed by atoms with Crippen LogP contribution in [-0.4, -0.2) is 64.7 Å². The molecule has 3 atom stereocenters. The van der Waals surface area contributed by atoms with Gasteiger partial charge in [-0.2, -0.15) is 0 Å². The van der Waals surface area contributed by atoms with E-state index in [4.69, 9.17) is 21.5 Å². The quantitative estimate of drug-likeness (QED) is 0.324. The molecule has 0 aromatic carbocycles. The predicted octanol–water partition coefficient (Wildman–Crippen LogP) is -1.54. The van der Waals surface area contributed by atoms with Gasteiger partial charge < -0.3 is 31.5 Å². The van der Waals surface area contributed by atoms with Crippen molar-refractivity contribution in [3.63, 3.8) is 0 Å². The highest BCUT2D eigenvalue weighted by Crippen LogP contribution is 2.29. The number of carboxylic acid groups (broad SMARTS) is 1. The van der Waals surface area contributed by atoms with E-state index < -0.39 is 25.0 Å². The first kappa shape index (κ1) is 18.9. The number of carboxylic acids is 1. The molecule has 1 heterocycles. The molecular formula is C13H26BN3O5. The first-order valence-corrected chi connectivity index (χ1v) is 7.70. The molecule has 1 aliphatic heterocycles. The maximum atomic E-state index is 12.2. The van der Waals surface area contributed by atoms with Gasteiger partial charge in [-0.05, 0) is 38.0 Å². The van der Waals surface area contributed by atoms with E-state index in [2.05, 4.69) is 0 Å². The third-order valence-electron chi connectivity index (χ3n) is 4.14. The van der Waals surface area contributed by atoms with E-state index in [-0.39, 0.29) is 24.7 Å². The molecule has 0 aromatic rings. The van der Waals surface area contributed by atoms with Crippen LogP contribution in [0.5, 0.6) is 0 Å². The molecule has 0 bridgehead atoms. The average Bonchev–Trinajstić information content (AvgIpc) is 2.87. The van der Waals surface area contributed by atoms with Crippen molar-refractivity contribution in [2.75, 3.05) is 19.6 Å². The van der Waals surface area contributed by atoms with Crippen LogP contribution in [0.2, 0.25) is 6.32 Å². The number of hydrogen-bond acceptors (Lipinski definition) is 6. The minimum atomic E-state index is -1.38. The summed E-state index contributed by atoms with van der Waals surface area (Å²) in [5, 5.41) is 27.0. The lowest BCUT2D eigenvalue weighted by molar-refractivity contribution is -0.142. The van der Waals surface area contributed by atoms with Gasteiger partial charge in [-0.1, -0.05) is 6.42 Å². The van der Waals surface area contributed by atoms with Crippen LogP contribution in [0.25, 0.3) is 0 Å². The molecule has 9 heteroatoms. The largest absolute Gasteiger partial charge is 0.481 e. The molecule has 8 nitrogen and oxygen atoms in total. The van der Waals surface area contributed by atoms with Crippen molar-refractivity contribution in [2.45, 2.75) is 38.0 Å². The van der Waals surface area contributed by atoms with E-state index in [1.54, 1.807) is 0 Å². The van der Waals surface area contributed by atoms with E-state index in [1.165, 1.54) is 4.90 Å². The number of rotatable bonds is 9. The summed E-state index contributed by atoms with van der Waals surface area (Å²) < 4.78 is 0. The van der Waals surface area contributed by atoms with E-state index in [9.17, 15) is 14.7 Å². The minimum Gasteiger partial charge on any atom is -0.481 e. The molecule has 1 fully saturated rings. The maximum Gasteiger partial charge on any atom is 0.451 e. The van der Waals surface area contributed by atoms with Crippen molar-refractivity contribution < 1.29 is 24.7 Å². The Bertz CT molecular complexity index is 383. The van der Waals surface area contributed by atoms with Gasteiger partial charge in [0.25, 0.3) is 0 Å². The molecule has 0 radical (unpaired) electrons. The van der Waals surface area contributed by atoms with E-state index in [1.807, 2.05) is 0 Å². The Kier molecular flexibility index (Phi) is 7.81. The fourth-order valence-electron chi connectivity index (χ4n) is 2.88. The molecule has 7 N–H and O–H groups in total. The fraction of sp³-hybridized carbons (Fsp3) is 0.846. The van der Waals surface area contributed by atoms with Crippen LogP contribution in [0, 0.1) is 11.8 Å². The highest BCUT2D eigenvalue weighted by Gasteiger charge is 2.40. The van der Waals surface area contributed by atoms with Crippen LogP contribution in [0.3, 0.4) is 0 Å². The zero-order valence-corrected chi connectivity index (χ0v) is 12.7. The Labute approximate surface area is 130 Å². The van der Waals surface area contributed by atoms with Crippen LogP contribution in [0.4, 0.5) is 0 Å². The normalized spacial score (nSPS) is 22.6. The van der Waals surface area contributed by atoms with Crippen LogP contribution in [0.1, 0.15) is 25.7 Å². The first-order valence-electron chi connectivity index (χ1n) is 7.70. The van der Waals surface area contributed by atoms with Crippen LogP contribution < -0.4 is 11.5 Å². The van der Waals surface area contributed by atoms with Crippen LogP contribution >= 0.6 is 0 Å². The van der Waals surface area contributed by atoms with E-state index >= 15 is 0 Å². The molecule has 1 unspecified atom stereocenters. The number of nitrogens with zero attached hydrogens (tertiary/aromatic N) is 1. The summed E-state index contributed by atoms with van der Waals surface area (Å²) in [5.41, 5.74) is 11.2. The lowest BCUT2D eigenvalue weighted by Crippen LogP contribution is -2.43. The molecule has 0 aromatic heterocycles. The summed E-state index contributed by atoms with van der Waals surface area (Å²) in [6.45, 7) is 0.981. The maximum absolute atomic E-state index is 12.2. The highest BCUT2D eigenvalue weighted by atomic mass is 16.4. The molecule has 1 aliphatic rings. The first-order chi connectivity index (χ1) is 10.4. The Morgan fingerprint density at radius 1 is 1.27 bits per heavy atom. The monoisotopic (exact) mass is 315 g/mol. The number of likely N-dealkylation sites (tertiary alicyclic amines) is 1. The standard InChI is InChI=1S/C13H26BN3O5/c15-6-2-4-11(16)12(18)17-7-9(3-1-5-14(21)22)10(8-17)13(19)20/h9-11,21-22H,1-8,15-16H2,(H,19,20)/t9-,10+,11?/m0/s1. The molecule has 0 spiro atoms. The number of carbonyl (C=O) groups is 2. The summed E-state index contributed by atoms with van der Waals surface area (Å²) >= 11 is 0. The van der Waals surface area contributed by atoms with Gasteiger partial charge in [-0.25, -0.2) is 0 Å². The molecular weight excluding hydrogens is 289 g/mol. The highest BCUT2D eigenvalue weighted by molar-refractivity contribution is 6.40. The molecule has 1 saturated heterocycles. The van der Waals surface area contributed by atoms with Crippen LogP contribution in [0.15, 0.2) is 0 Å². The Morgan fingerprint density at radius 3 is 2.50 bits per heavy atom. The minimum absolute atomic E-state index is 0.164. The van der Waals surface area contributed by atoms with Crippen molar-refractivity contribution >= 4 is 19.0 Å². The van der Waals surface area contributed by atoms with Gasteiger partial charge >= 0.3 is 13.1 Å². The molecule has 126 valence electrons. The molecule has 1 rings (SSSR count). The zero-order valence-electron chi connectivity index (χ0n) is 12.7. The number of aliphatic carboxylic acids is 1. The lowest BCUT2D eigenvalue weighted by atomic mass is 9.80. The zero-order chi connectivity index (χ0) is 16.7. The van der Waals surface area contributed by atoms with Crippen molar-refractivity contribution in [3.05, 3.63) is 0 Å². The van der Waals surface area contributed by atoms with Gasteiger partial charge in [0.2, 0.25) is 5.91 Å². The van der Waals surface area contributed by atoms with Crippen molar-refractivity contribution in [2.24, 2.45) is 23.3 Å². The van der Waals surface area contributed by atoms with Gasteiger partial charge in [-0.15, -0.1) is 0 Å². The summed E-state index contributed by atoms with van der Waals surface area (Å²) in [5.74, 6) is -1.96. The smallest absolute Gasteiger partial charge is 0.451 e. The average molecular weight is 315 g/mol. The second-order valence-electron chi connectivity index (χ2n) is 5.90. The Morgan fingerprint density at radius 2 is 1.95 bits per heavy atom. The van der Waals surface area contributed by atoms with E-state index in [0.717, 1.165) is 0 Å². The summed E-state index contributed by atoms with van der Waals surface area (Å²) in [4.78, 5) is 25.1. The molecule has 22 heavy (non-hydrogen) atoms. The topological polar surface area (TPSA) is 150 Å². The van der Waals surface area contributed by atoms with Gasteiger partial charge in [0.1, 0.15) is 0 Å². The predicted molar refractivity (Wildman–Crippen MR) is 81.7 cm³/mol. The van der Waals surface area contributed by atoms with Crippen molar-refractivity contribution in [3.8, 4) is 0 Å². The molecule has 0 saturated carbocycles. The molecule has 1 amide bonds.